The molecule has 9 heteroatoms. The second-order valence-corrected chi connectivity index (χ2v) is 12.3. The Bertz CT molecular complexity index is 1440. The van der Waals surface area contributed by atoms with Gasteiger partial charge in [0.05, 0.1) is 5.57 Å². The Morgan fingerprint density at radius 1 is 0.897 bits per heavy atom. The van der Waals surface area contributed by atoms with Crippen LogP contribution in [0.2, 0.25) is 0 Å². The number of aromatic nitrogens is 2. The zero-order valence-electron chi connectivity index (χ0n) is 23.5. The monoisotopic (exact) mass is 560 g/mol. The van der Waals surface area contributed by atoms with Crippen LogP contribution in [0.1, 0.15) is 69.9 Å². The predicted octanol–water partition coefficient (Wildman–Crippen LogP) is 6.44. The number of rotatable bonds is 2. The number of nitrogens with zero attached hydrogens (tertiary/aromatic N) is 2. The van der Waals surface area contributed by atoms with E-state index in [9.17, 15) is 13.2 Å². The second-order valence-electron chi connectivity index (χ2n) is 11.0. The van der Waals surface area contributed by atoms with Crippen molar-refractivity contribution >= 4 is 15.7 Å². The van der Waals surface area contributed by atoms with Gasteiger partial charge < -0.3 is 4.55 Å². The summed E-state index contributed by atoms with van der Waals surface area (Å²) >= 11 is 0. The van der Waals surface area contributed by atoms with Crippen molar-refractivity contribution in [3.8, 4) is 11.8 Å². The van der Waals surface area contributed by atoms with Gasteiger partial charge in [0, 0.05) is 25.5 Å². The largest absolute Gasteiger partial charge is 0.741 e. The van der Waals surface area contributed by atoms with Crippen LogP contribution in [0, 0.1) is 25.7 Å². The lowest BCUT2D eigenvalue weighted by Crippen LogP contribution is -2.54. The van der Waals surface area contributed by atoms with Gasteiger partial charge in [-0.3, -0.25) is 0 Å². The van der Waals surface area contributed by atoms with Gasteiger partial charge in [0.25, 0.3) is 5.82 Å². The fourth-order valence-electron chi connectivity index (χ4n) is 4.23. The lowest BCUT2D eigenvalue weighted by atomic mass is 10.00. The minimum atomic E-state index is -6.09. The molecular weight excluding hydrogens is 525 g/mol. The van der Waals surface area contributed by atoms with Gasteiger partial charge in [-0.15, -0.1) is 0 Å². The molecular formula is C30H35F3N2O3S. The summed E-state index contributed by atoms with van der Waals surface area (Å²) in [6.07, 6.45) is 2.08. The molecule has 0 atom stereocenters. The van der Waals surface area contributed by atoms with Crippen molar-refractivity contribution < 1.29 is 30.7 Å². The summed E-state index contributed by atoms with van der Waals surface area (Å²) in [6.45, 7) is 18.1. The third-order valence-electron chi connectivity index (χ3n) is 5.78. The maximum atomic E-state index is 10.7. The molecule has 0 saturated heterocycles. The number of benzene rings is 2. The quantitative estimate of drug-likeness (QED) is 0.157. The summed E-state index contributed by atoms with van der Waals surface area (Å²) in [5.74, 6) is 7.85. The molecule has 0 fully saturated rings. The molecule has 39 heavy (non-hydrogen) atoms. The van der Waals surface area contributed by atoms with E-state index in [0.717, 1.165) is 11.1 Å². The van der Waals surface area contributed by atoms with Gasteiger partial charge in [-0.2, -0.15) is 13.2 Å². The van der Waals surface area contributed by atoms with Crippen molar-refractivity contribution in [2.45, 2.75) is 72.0 Å². The predicted molar refractivity (Wildman–Crippen MR) is 147 cm³/mol. The maximum absolute atomic E-state index is 10.7. The minimum absolute atomic E-state index is 0.0680. The minimum Gasteiger partial charge on any atom is -0.741 e. The zero-order valence-corrected chi connectivity index (χ0v) is 24.3. The summed E-state index contributed by atoms with van der Waals surface area (Å²) < 4.78 is 63.8. The molecule has 0 N–H and O–H groups in total. The van der Waals surface area contributed by atoms with E-state index in [1.807, 2.05) is 30.3 Å². The topological polar surface area (TPSA) is 66.0 Å². The van der Waals surface area contributed by atoms with Crippen LogP contribution in [0.4, 0.5) is 13.2 Å². The van der Waals surface area contributed by atoms with Gasteiger partial charge in [0.2, 0.25) is 0 Å². The first-order valence-corrected chi connectivity index (χ1v) is 13.7. The molecule has 5 nitrogen and oxygen atoms in total. The van der Waals surface area contributed by atoms with Crippen molar-refractivity contribution in [1.29, 1.82) is 0 Å². The van der Waals surface area contributed by atoms with E-state index in [0.29, 0.717) is 0 Å². The maximum Gasteiger partial charge on any atom is 0.485 e. The summed E-state index contributed by atoms with van der Waals surface area (Å²) in [5, 5.41) is 0. The van der Waals surface area contributed by atoms with E-state index in [4.69, 9.17) is 13.0 Å². The smallest absolute Gasteiger partial charge is 0.485 e. The summed E-state index contributed by atoms with van der Waals surface area (Å²) in [7, 11) is -6.09. The van der Waals surface area contributed by atoms with Crippen molar-refractivity contribution in [1.82, 2.24) is 4.57 Å². The van der Waals surface area contributed by atoms with E-state index in [1.165, 1.54) is 22.8 Å². The molecule has 0 saturated carbocycles. The van der Waals surface area contributed by atoms with E-state index in [2.05, 4.69) is 113 Å². The highest BCUT2D eigenvalue weighted by molar-refractivity contribution is 7.86. The summed E-state index contributed by atoms with van der Waals surface area (Å²) in [4.78, 5) is 0. The molecule has 2 aromatic carbocycles. The van der Waals surface area contributed by atoms with Gasteiger partial charge in [0.1, 0.15) is 22.5 Å². The molecule has 0 spiro atoms. The normalized spacial score (nSPS) is 12.8. The van der Waals surface area contributed by atoms with Crippen LogP contribution >= 0.6 is 0 Å². The van der Waals surface area contributed by atoms with Gasteiger partial charge in [0.15, 0.2) is 10.1 Å². The highest BCUT2D eigenvalue weighted by Gasteiger charge is 2.39. The SMILES string of the molecule is Cc1c(C)[n+](C(C)(C)C)c(/C(=C\C#Cc2ccccc2)c2ccccc2)n1C(C)(C)C.O=S(=O)([O-])C(F)(F)F. The fourth-order valence-corrected chi connectivity index (χ4v) is 4.23. The number of imidazole rings is 1. The average molecular weight is 561 g/mol. The number of hydrogen-bond donors (Lipinski definition) is 0. The van der Waals surface area contributed by atoms with Crippen molar-refractivity contribution in [2.75, 3.05) is 0 Å². The van der Waals surface area contributed by atoms with E-state index < -0.39 is 15.6 Å². The van der Waals surface area contributed by atoms with Crippen LogP contribution in [0.15, 0.2) is 66.7 Å². The van der Waals surface area contributed by atoms with Crippen LogP contribution in [0.5, 0.6) is 0 Å². The fraction of sp³-hybridized carbons (Fsp3) is 0.367. The highest BCUT2D eigenvalue weighted by Crippen LogP contribution is 2.31. The first-order valence-electron chi connectivity index (χ1n) is 12.3. The Balaban J connectivity index is 0.000000580. The van der Waals surface area contributed by atoms with Crippen molar-refractivity contribution in [3.63, 3.8) is 0 Å². The number of allylic oxidation sites excluding steroid dienone is 1. The summed E-state index contributed by atoms with van der Waals surface area (Å²) in [5.41, 5.74) is 0.130. The Kier molecular flexibility index (Phi) is 9.65. The van der Waals surface area contributed by atoms with Crippen LogP contribution < -0.4 is 4.57 Å². The third-order valence-corrected chi connectivity index (χ3v) is 6.34. The Labute approximate surface area is 229 Å². The number of halogens is 3. The third kappa shape index (κ3) is 8.07. The van der Waals surface area contributed by atoms with Crippen LogP contribution in [-0.2, 0) is 21.2 Å². The van der Waals surface area contributed by atoms with Gasteiger partial charge in [-0.1, -0.05) is 60.4 Å². The van der Waals surface area contributed by atoms with Crippen LogP contribution in [-0.4, -0.2) is 23.0 Å². The molecule has 0 amide bonds. The Hall–Kier alpha value is -3.35. The first kappa shape index (κ1) is 31.9. The van der Waals surface area contributed by atoms with E-state index >= 15 is 0 Å². The van der Waals surface area contributed by atoms with E-state index in [1.54, 1.807) is 0 Å². The standard InChI is InChI=1S/C29H35N2.CHF3O3S/c1-22-23(2)31(29(6,7)8)27(30(22)28(3,4)5)26(25-19-13-10-14-20-25)21-15-18-24-16-11-9-12-17-24;2-1(3,4)8(5,6)7/h9-14,16-17,19-21H,1-8H3;(H,5,6,7)/q+1;/p-1/b26-21-;. The number of alkyl halides is 3. The lowest BCUT2D eigenvalue weighted by molar-refractivity contribution is -0.760. The molecule has 1 heterocycles. The molecule has 0 radical (unpaired) electrons. The molecule has 0 unspecified atom stereocenters. The van der Waals surface area contributed by atoms with Crippen LogP contribution in [0.3, 0.4) is 0 Å². The molecule has 0 bridgehead atoms. The highest BCUT2D eigenvalue weighted by atomic mass is 32.2. The molecule has 3 aromatic rings. The van der Waals surface area contributed by atoms with Gasteiger partial charge >= 0.3 is 5.51 Å². The number of hydrogen-bond acceptors (Lipinski definition) is 3. The van der Waals surface area contributed by atoms with Gasteiger partial charge in [-0.25, -0.2) is 17.6 Å². The van der Waals surface area contributed by atoms with Crippen molar-refractivity contribution in [3.05, 3.63) is 95.1 Å². The Morgan fingerprint density at radius 2 is 1.36 bits per heavy atom. The first-order chi connectivity index (χ1) is 17.8. The molecule has 210 valence electrons. The average Bonchev–Trinajstić information content (AvgIpc) is 3.08. The van der Waals surface area contributed by atoms with E-state index in [-0.39, 0.29) is 11.1 Å². The zero-order chi connectivity index (χ0) is 29.8. The molecule has 1 aromatic heterocycles. The second kappa shape index (κ2) is 11.8. The molecule has 0 aliphatic carbocycles. The lowest BCUT2D eigenvalue weighted by Gasteiger charge is -2.23. The molecule has 3 rings (SSSR count). The van der Waals surface area contributed by atoms with Crippen LogP contribution in [0.25, 0.3) is 5.57 Å². The molecule has 0 aliphatic rings. The van der Waals surface area contributed by atoms with Gasteiger partial charge in [-0.05, 0) is 59.2 Å². The Morgan fingerprint density at radius 3 is 1.77 bits per heavy atom. The van der Waals surface area contributed by atoms with Crippen molar-refractivity contribution in [2.24, 2.45) is 0 Å². The molecule has 0 aliphatic heterocycles. The summed E-state index contributed by atoms with van der Waals surface area (Å²) in [6, 6.07) is 20.8.